The van der Waals surface area contributed by atoms with Crippen LogP contribution in [0.2, 0.25) is 0 Å². The predicted molar refractivity (Wildman–Crippen MR) is 134 cm³/mol. The van der Waals surface area contributed by atoms with Gasteiger partial charge in [0.25, 0.3) is 5.91 Å². The molecular weight excluding hydrogens is 464 g/mol. The van der Waals surface area contributed by atoms with E-state index in [9.17, 15) is 9.59 Å². The van der Waals surface area contributed by atoms with Crippen molar-refractivity contribution in [3.63, 3.8) is 0 Å². The fourth-order valence-corrected chi connectivity index (χ4v) is 4.91. The van der Waals surface area contributed by atoms with E-state index >= 15 is 0 Å². The average Bonchev–Trinajstić information content (AvgIpc) is 3.17. The van der Waals surface area contributed by atoms with Crippen molar-refractivity contribution in [1.29, 1.82) is 0 Å². The Balaban J connectivity index is 1.53. The van der Waals surface area contributed by atoms with E-state index in [1.165, 1.54) is 11.1 Å². The van der Waals surface area contributed by atoms with E-state index in [1.807, 2.05) is 30.6 Å². The van der Waals surface area contributed by atoms with Crippen LogP contribution in [0.4, 0.5) is 0 Å². The van der Waals surface area contributed by atoms with Crippen LogP contribution in [0.5, 0.6) is 11.5 Å². The molecule has 2 amide bonds. The van der Waals surface area contributed by atoms with Crippen molar-refractivity contribution in [2.24, 2.45) is 0 Å². The minimum atomic E-state index is -0.547. The summed E-state index contributed by atoms with van der Waals surface area (Å²) in [6.45, 7) is 3.40. The predicted octanol–water partition coefficient (Wildman–Crippen LogP) is 3.79. The van der Waals surface area contributed by atoms with Crippen LogP contribution in [0, 0.1) is 6.92 Å². The minimum Gasteiger partial charge on any atom is -0.493 e. The van der Waals surface area contributed by atoms with Gasteiger partial charge in [-0.1, -0.05) is 6.07 Å². The number of hydrogen-bond donors (Lipinski definition) is 1. The summed E-state index contributed by atoms with van der Waals surface area (Å²) in [4.78, 5) is 37.5. The summed E-state index contributed by atoms with van der Waals surface area (Å²) in [5.41, 5.74) is 4.17. The molecule has 1 saturated heterocycles. The van der Waals surface area contributed by atoms with E-state index in [2.05, 4.69) is 15.3 Å². The van der Waals surface area contributed by atoms with Gasteiger partial charge in [-0.2, -0.15) is 0 Å². The topological polar surface area (TPSA) is 93.7 Å². The lowest BCUT2D eigenvalue weighted by Crippen LogP contribution is -2.48. The molecule has 0 bridgehead atoms. The standard InChI is InChI=1S/C26H30N4O4S/c1-18-24(35-17-29-18)10-13-34-22-9-8-19(14-23(22)33-2)16-30(21-7-3-4-12-28-25(21)31)26(32)20-6-5-11-27-15-20/h5-6,8-9,11,14-15,17,21H,3-4,7,10,12-13,16H2,1-2H3,(H,28,31)/t21-/m0/s1. The molecule has 1 aliphatic rings. The van der Waals surface area contributed by atoms with Gasteiger partial charge in [-0.15, -0.1) is 11.3 Å². The zero-order chi connectivity index (χ0) is 24.6. The summed E-state index contributed by atoms with van der Waals surface area (Å²) in [6, 6.07) is 8.53. The maximum Gasteiger partial charge on any atom is 0.256 e. The quantitative estimate of drug-likeness (QED) is 0.487. The molecule has 1 fully saturated rings. The molecular formula is C26H30N4O4S. The number of aryl methyl sites for hydroxylation is 1. The fourth-order valence-electron chi connectivity index (χ4n) is 4.15. The lowest BCUT2D eigenvalue weighted by Gasteiger charge is -2.30. The molecule has 0 spiro atoms. The molecule has 0 saturated carbocycles. The third kappa shape index (κ3) is 6.16. The maximum absolute atomic E-state index is 13.5. The number of carbonyl (C=O) groups is 2. The van der Waals surface area contributed by atoms with Crippen LogP contribution in [0.25, 0.3) is 0 Å². The molecule has 1 aliphatic heterocycles. The number of nitrogens with one attached hydrogen (secondary N) is 1. The Hall–Kier alpha value is -3.46. The van der Waals surface area contributed by atoms with Crippen LogP contribution in [0.1, 0.15) is 45.8 Å². The molecule has 1 atom stereocenters. The number of hydrogen-bond acceptors (Lipinski definition) is 7. The number of thiazole rings is 1. The Morgan fingerprint density at radius 1 is 1.26 bits per heavy atom. The van der Waals surface area contributed by atoms with Gasteiger partial charge in [0.15, 0.2) is 11.5 Å². The number of carbonyl (C=O) groups excluding carboxylic acids is 2. The lowest BCUT2D eigenvalue weighted by molar-refractivity contribution is -0.125. The number of ether oxygens (including phenoxy) is 2. The molecule has 35 heavy (non-hydrogen) atoms. The second-order valence-electron chi connectivity index (χ2n) is 8.42. The van der Waals surface area contributed by atoms with Crippen LogP contribution in [-0.2, 0) is 17.8 Å². The van der Waals surface area contributed by atoms with Gasteiger partial charge in [0.1, 0.15) is 6.04 Å². The van der Waals surface area contributed by atoms with Gasteiger partial charge in [-0.25, -0.2) is 4.98 Å². The molecule has 4 rings (SSSR count). The van der Waals surface area contributed by atoms with Crippen molar-refractivity contribution in [3.05, 3.63) is 69.9 Å². The normalized spacial score (nSPS) is 15.7. The molecule has 184 valence electrons. The maximum atomic E-state index is 13.5. The van der Waals surface area contributed by atoms with Gasteiger partial charge in [0.05, 0.1) is 30.5 Å². The second-order valence-corrected chi connectivity index (χ2v) is 9.36. The number of benzene rings is 1. The summed E-state index contributed by atoms with van der Waals surface area (Å²) >= 11 is 1.62. The minimum absolute atomic E-state index is 0.120. The molecule has 1 aromatic carbocycles. The van der Waals surface area contributed by atoms with E-state index < -0.39 is 6.04 Å². The lowest BCUT2D eigenvalue weighted by atomic mass is 10.1. The first-order valence-electron chi connectivity index (χ1n) is 11.7. The van der Waals surface area contributed by atoms with Crippen LogP contribution in [0.3, 0.4) is 0 Å². The highest BCUT2D eigenvalue weighted by Gasteiger charge is 2.31. The Morgan fingerprint density at radius 2 is 2.14 bits per heavy atom. The molecule has 1 N–H and O–H groups in total. The van der Waals surface area contributed by atoms with Crippen molar-refractivity contribution < 1.29 is 19.1 Å². The molecule has 9 heteroatoms. The van der Waals surface area contributed by atoms with Crippen LogP contribution in [-0.4, -0.2) is 53.0 Å². The third-order valence-corrected chi connectivity index (χ3v) is 7.06. The van der Waals surface area contributed by atoms with E-state index in [0.29, 0.717) is 36.6 Å². The first kappa shape index (κ1) is 24.7. The molecule has 0 aliphatic carbocycles. The summed E-state index contributed by atoms with van der Waals surface area (Å²) < 4.78 is 11.6. The largest absolute Gasteiger partial charge is 0.493 e. The monoisotopic (exact) mass is 494 g/mol. The molecule has 3 heterocycles. The summed E-state index contributed by atoms with van der Waals surface area (Å²) in [6.07, 6.45) is 6.32. The van der Waals surface area contributed by atoms with Crippen molar-refractivity contribution >= 4 is 23.2 Å². The van der Waals surface area contributed by atoms with Gasteiger partial charge in [0.2, 0.25) is 5.91 Å². The zero-order valence-electron chi connectivity index (χ0n) is 20.0. The third-order valence-electron chi connectivity index (χ3n) is 6.06. The van der Waals surface area contributed by atoms with Gasteiger partial charge < -0.3 is 19.7 Å². The molecule has 0 radical (unpaired) electrons. The van der Waals surface area contributed by atoms with Crippen LogP contribution >= 0.6 is 11.3 Å². The number of nitrogens with zero attached hydrogens (tertiary/aromatic N) is 3. The van der Waals surface area contributed by atoms with Gasteiger partial charge in [0, 0.05) is 36.8 Å². The Kier molecular flexibility index (Phi) is 8.31. The number of amides is 2. The smallest absolute Gasteiger partial charge is 0.256 e. The summed E-state index contributed by atoms with van der Waals surface area (Å²) in [5, 5.41) is 2.94. The van der Waals surface area contributed by atoms with E-state index in [1.54, 1.807) is 41.7 Å². The van der Waals surface area contributed by atoms with E-state index in [0.717, 1.165) is 30.5 Å². The Morgan fingerprint density at radius 3 is 2.89 bits per heavy atom. The van der Waals surface area contributed by atoms with Crippen LogP contribution in [0.15, 0.2) is 48.2 Å². The van der Waals surface area contributed by atoms with Gasteiger partial charge >= 0.3 is 0 Å². The average molecular weight is 495 g/mol. The van der Waals surface area contributed by atoms with Crippen LogP contribution < -0.4 is 14.8 Å². The van der Waals surface area contributed by atoms with E-state index in [-0.39, 0.29) is 18.4 Å². The molecule has 3 aromatic rings. The molecule has 2 aromatic heterocycles. The van der Waals surface area contributed by atoms with Gasteiger partial charge in [-0.05, 0) is 56.0 Å². The fraction of sp³-hybridized carbons (Fsp3) is 0.385. The zero-order valence-corrected chi connectivity index (χ0v) is 20.8. The van der Waals surface area contributed by atoms with Crippen molar-refractivity contribution in [1.82, 2.24) is 20.2 Å². The van der Waals surface area contributed by atoms with Crippen molar-refractivity contribution in [3.8, 4) is 11.5 Å². The number of rotatable bonds is 9. The van der Waals surface area contributed by atoms with Crippen molar-refractivity contribution in [2.45, 2.75) is 45.2 Å². The highest BCUT2D eigenvalue weighted by molar-refractivity contribution is 7.09. The van der Waals surface area contributed by atoms with Gasteiger partial charge in [-0.3, -0.25) is 14.6 Å². The van der Waals surface area contributed by atoms with E-state index in [4.69, 9.17) is 9.47 Å². The van der Waals surface area contributed by atoms with Crippen molar-refractivity contribution in [2.75, 3.05) is 20.3 Å². The summed E-state index contributed by atoms with van der Waals surface area (Å²) in [5.74, 6) is 0.878. The highest BCUT2D eigenvalue weighted by atomic mass is 32.1. The summed E-state index contributed by atoms with van der Waals surface area (Å²) in [7, 11) is 1.59. The number of pyridine rings is 1. The number of methoxy groups -OCH3 is 1. The number of aromatic nitrogens is 2. The molecule has 0 unspecified atom stereocenters. The molecule has 8 nitrogen and oxygen atoms in total. The SMILES string of the molecule is COc1cc(CN(C(=O)c2cccnc2)[C@H]2CCCCNC2=O)ccc1OCCc1scnc1C. The first-order chi connectivity index (χ1) is 17.1. The highest BCUT2D eigenvalue weighted by Crippen LogP contribution is 2.30. The Labute approximate surface area is 209 Å². The second kappa shape index (κ2) is 11.8. The Bertz CT molecular complexity index is 1150. The first-order valence-corrected chi connectivity index (χ1v) is 12.6.